The Kier molecular flexibility index (Phi) is 5.46. The minimum atomic E-state index is -0.139. The van der Waals surface area contributed by atoms with Crippen LogP contribution < -0.4 is 10.6 Å². The van der Waals surface area contributed by atoms with Crippen molar-refractivity contribution in [3.63, 3.8) is 0 Å². The molecule has 2 aromatic rings. The van der Waals surface area contributed by atoms with E-state index in [0.717, 1.165) is 19.6 Å². The first-order valence-corrected chi connectivity index (χ1v) is 8.60. The summed E-state index contributed by atoms with van der Waals surface area (Å²) in [6.45, 7) is 4.74. The smallest absolute Gasteiger partial charge is 0.255 e. The van der Waals surface area contributed by atoms with E-state index < -0.39 is 0 Å². The van der Waals surface area contributed by atoms with Crippen LogP contribution in [-0.2, 0) is 11.3 Å². The van der Waals surface area contributed by atoms with Crippen LogP contribution in [0.2, 0.25) is 0 Å². The molecule has 3 rings (SSSR count). The Morgan fingerprint density at radius 2 is 1.44 bits per heavy atom. The lowest BCUT2D eigenvalue weighted by Gasteiger charge is -2.14. The Morgan fingerprint density at radius 3 is 2.00 bits per heavy atom. The van der Waals surface area contributed by atoms with E-state index in [1.54, 1.807) is 24.3 Å². The predicted octanol–water partition coefficient (Wildman–Crippen LogP) is 3.49. The van der Waals surface area contributed by atoms with Crippen molar-refractivity contribution in [2.24, 2.45) is 0 Å². The summed E-state index contributed by atoms with van der Waals surface area (Å²) in [4.78, 5) is 25.8. The third-order valence-electron chi connectivity index (χ3n) is 4.28. The van der Waals surface area contributed by atoms with Crippen molar-refractivity contribution in [2.75, 3.05) is 23.7 Å². The molecule has 1 aliphatic heterocycles. The lowest BCUT2D eigenvalue weighted by Crippen LogP contribution is -2.18. The normalized spacial score (nSPS) is 14.3. The van der Waals surface area contributed by atoms with E-state index in [4.69, 9.17) is 0 Å². The molecule has 0 bridgehead atoms. The Bertz CT molecular complexity index is 733. The Morgan fingerprint density at radius 1 is 0.880 bits per heavy atom. The quantitative estimate of drug-likeness (QED) is 0.878. The summed E-state index contributed by atoms with van der Waals surface area (Å²) in [6.07, 6.45) is 2.56. The van der Waals surface area contributed by atoms with Crippen LogP contribution in [0.3, 0.4) is 0 Å². The number of amides is 2. The van der Waals surface area contributed by atoms with Gasteiger partial charge in [-0.15, -0.1) is 0 Å². The van der Waals surface area contributed by atoms with E-state index in [0.29, 0.717) is 16.9 Å². The summed E-state index contributed by atoms with van der Waals surface area (Å²) >= 11 is 0. The van der Waals surface area contributed by atoms with Crippen LogP contribution in [-0.4, -0.2) is 29.8 Å². The second-order valence-corrected chi connectivity index (χ2v) is 6.39. The molecule has 0 saturated carbocycles. The number of carbonyl (C=O) groups is 2. The van der Waals surface area contributed by atoms with Gasteiger partial charge >= 0.3 is 0 Å². The fourth-order valence-corrected chi connectivity index (χ4v) is 3.00. The Balaban J connectivity index is 1.57. The van der Waals surface area contributed by atoms with Crippen LogP contribution in [0.25, 0.3) is 0 Å². The molecule has 2 aromatic carbocycles. The fraction of sp³-hybridized carbons (Fsp3) is 0.300. The molecule has 1 fully saturated rings. The molecule has 5 heteroatoms. The van der Waals surface area contributed by atoms with Crippen molar-refractivity contribution in [3.05, 3.63) is 59.7 Å². The van der Waals surface area contributed by atoms with E-state index in [1.807, 2.05) is 24.3 Å². The molecular formula is C20H23N3O2. The topological polar surface area (TPSA) is 61.4 Å². The number of carbonyl (C=O) groups excluding carboxylic acids is 2. The average molecular weight is 337 g/mol. The van der Waals surface area contributed by atoms with Gasteiger partial charge < -0.3 is 10.6 Å². The van der Waals surface area contributed by atoms with Crippen molar-refractivity contribution in [1.29, 1.82) is 0 Å². The summed E-state index contributed by atoms with van der Waals surface area (Å²) in [5, 5.41) is 5.57. The molecule has 0 aliphatic carbocycles. The van der Waals surface area contributed by atoms with Gasteiger partial charge in [0.2, 0.25) is 5.91 Å². The second kappa shape index (κ2) is 7.94. The number of nitrogens with one attached hydrogen (secondary N) is 2. The molecule has 25 heavy (non-hydrogen) atoms. The molecule has 0 atom stereocenters. The van der Waals surface area contributed by atoms with Crippen molar-refractivity contribution >= 4 is 23.2 Å². The standard InChI is InChI=1S/C20H23N3O2/c1-15(24)21-18-8-10-19(11-9-18)22-20(25)17-6-4-16(5-7-17)14-23-12-2-3-13-23/h4-11H,2-3,12-14H2,1H3,(H,21,24)(H,22,25). The molecular weight excluding hydrogens is 314 g/mol. The van der Waals surface area contributed by atoms with Gasteiger partial charge in [0.15, 0.2) is 0 Å². The molecule has 0 spiro atoms. The number of hydrogen-bond donors (Lipinski definition) is 2. The minimum absolute atomic E-state index is 0.120. The average Bonchev–Trinajstić information content (AvgIpc) is 3.10. The van der Waals surface area contributed by atoms with Gasteiger partial charge in [0.1, 0.15) is 0 Å². The summed E-state index contributed by atoms with van der Waals surface area (Å²) in [5.41, 5.74) is 3.27. The Hall–Kier alpha value is -2.66. The number of nitrogens with zero attached hydrogens (tertiary/aromatic N) is 1. The van der Waals surface area contributed by atoms with E-state index in [1.165, 1.54) is 25.3 Å². The highest BCUT2D eigenvalue weighted by Crippen LogP contribution is 2.16. The van der Waals surface area contributed by atoms with E-state index in [9.17, 15) is 9.59 Å². The van der Waals surface area contributed by atoms with E-state index in [2.05, 4.69) is 15.5 Å². The summed E-state index contributed by atoms with van der Waals surface area (Å²) in [5.74, 6) is -0.259. The van der Waals surface area contributed by atoms with Crippen LogP contribution in [0.15, 0.2) is 48.5 Å². The van der Waals surface area contributed by atoms with Crippen molar-refractivity contribution < 1.29 is 9.59 Å². The number of rotatable bonds is 5. The van der Waals surface area contributed by atoms with Gasteiger partial charge in [-0.25, -0.2) is 0 Å². The number of likely N-dealkylation sites (tertiary alicyclic amines) is 1. The summed E-state index contributed by atoms with van der Waals surface area (Å²) in [6, 6.07) is 14.8. The molecule has 1 aliphatic rings. The number of anilines is 2. The first-order valence-electron chi connectivity index (χ1n) is 8.60. The molecule has 2 amide bonds. The highest BCUT2D eigenvalue weighted by Gasteiger charge is 2.12. The Labute approximate surface area is 148 Å². The monoisotopic (exact) mass is 337 g/mol. The number of benzene rings is 2. The van der Waals surface area contributed by atoms with Gasteiger partial charge in [0.25, 0.3) is 5.91 Å². The van der Waals surface area contributed by atoms with E-state index in [-0.39, 0.29) is 11.8 Å². The second-order valence-electron chi connectivity index (χ2n) is 6.39. The molecule has 1 heterocycles. The van der Waals surface area contributed by atoms with E-state index >= 15 is 0 Å². The third kappa shape index (κ3) is 4.90. The molecule has 0 unspecified atom stereocenters. The summed E-state index contributed by atoms with van der Waals surface area (Å²) in [7, 11) is 0. The zero-order valence-corrected chi connectivity index (χ0v) is 14.4. The van der Waals surface area contributed by atoms with Crippen LogP contribution in [0.5, 0.6) is 0 Å². The van der Waals surface area contributed by atoms with Crippen LogP contribution in [0, 0.1) is 0 Å². The first kappa shape index (κ1) is 17.2. The van der Waals surface area contributed by atoms with Crippen LogP contribution in [0.1, 0.15) is 35.7 Å². The van der Waals surface area contributed by atoms with Gasteiger partial charge in [-0.05, 0) is 67.9 Å². The highest BCUT2D eigenvalue weighted by molar-refractivity contribution is 6.04. The zero-order valence-electron chi connectivity index (χ0n) is 14.4. The zero-order chi connectivity index (χ0) is 17.6. The molecule has 1 saturated heterocycles. The molecule has 2 N–H and O–H groups in total. The molecule has 0 radical (unpaired) electrons. The maximum Gasteiger partial charge on any atom is 0.255 e. The van der Waals surface area contributed by atoms with Crippen molar-refractivity contribution in [1.82, 2.24) is 4.90 Å². The molecule has 0 aromatic heterocycles. The fourth-order valence-electron chi connectivity index (χ4n) is 3.00. The highest BCUT2D eigenvalue weighted by atomic mass is 16.2. The maximum atomic E-state index is 12.3. The molecule has 130 valence electrons. The van der Waals surface area contributed by atoms with Crippen molar-refractivity contribution in [2.45, 2.75) is 26.3 Å². The van der Waals surface area contributed by atoms with Gasteiger partial charge in [-0.3, -0.25) is 14.5 Å². The molecule has 5 nitrogen and oxygen atoms in total. The lowest BCUT2D eigenvalue weighted by atomic mass is 10.1. The third-order valence-corrected chi connectivity index (χ3v) is 4.28. The summed E-state index contributed by atoms with van der Waals surface area (Å²) < 4.78 is 0. The van der Waals surface area contributed by atoms with Gasteiger partial charge in [-0.1, -0.05) is 12.1 Å². The predicted molar refractivity (Wildman–Crippen MR) is 99.7 cm³/mol. The minimum Gasteiger partial charge on any atom is -0.326 e. The van der Waals surface area contributed by atoms with Gasteiger partial charge in [0.05, 0.1) is 0 Å². The first-order chi connectivity index (χ1) is 12.1. The van der Waals surface area contributed by atoms with Gasteiger partial charge in [-0.2, -0.15) is 0 Å². The largest absolute Gasteiger partial charge is 0.326 e. The van der Waals surface area contributed by atoms with Crippen molar-refractivity contribution in [3.8, 4) is 0 Å². The number of hydrogen-bond acceptors (Lipinski definition) is 3. The van der Waals surface area contributed by atoms with Crippen LogP contribution >= 0.6 is 0 Å². The SMILES string of the molecule is CC(=O)Nc1ccc(NC(=O)c2ccc(CN3CCCC3)cc2)cc1. The maximum absolute atomic E-state index is 12.3. The van der Waals surface area contributed by atoms with Crippen LogP contribution in [0.4, 0.5) is 11.4 Å². The van der Waals surface area contributed by atoms with Gasteiger partial charge in [0, 0.05) is 30.4 Å². The lowest BCUT2D eigenvalue weighted by molar-refractivity contribution is -0.114.